The molecule has 6 nitrogen and oxygen atoms in total. The van der Waals surface area contributed by atoms with E-state index in [0.29, 0.717) is 18.7 Å². The van der Waals surface area contributed by atoms with Crippen molar-refractivity contribution in [2.45, 2.75) is 12.8 Å². The van der Waals surface area contributed by atoms with Gasteiger partial charge in [-0.2, -0.15) is 0 Å². The van der Waals surface area contributed by atoms with Crippen LogP contribution < -0.4 is 20.9 Å². The Morgan fingerprint density at radius 2 is 1.85 bits per heavy atom. The number of halogens is 1. The molecular weight excluding hydrogens is 352 g/mol. The summed E-state index contributed by atoms with van der Waals surface area (Å²) >= 11 is 0. The molecule has 0 aromatic heterocycles. The van der Waals surface area contributed by atoms with Crippen LogP contribution in [-0.4, -0.2) is 31.6 Å². The van der Waals surface area contributed by atoms with Gasteiger partial charge in [0.1, 0.15) is 0 Å². The second-order valence-electron chi connectivity index (χ2n) is 6.25. The van der Waals surface area contributed by atoms with Gasteiger partial charge in [0.2, 0.25) is 0 Å². The molecule has 0 atom stereocenters. The van der Waals surface area contributed by atoms with E-state index >= 15 is 0 Å². The molecule has 2 aromatic carbocycles. The fourth-order valence-corrected chi connectivity index (χ4v) is 3.36. The molecule has 1 saturated heterocycles. The van der Waals surface area contributed by atoms with E-state index < -0.39 is 0 Å². The topological polar surface area (TPSA) is 73.5 Å². The van der Waals surface area contributed by atoms with Gasteiger partial charge >= 0.3 is 6.03 Å². The second-order valence-corrected chi connectivity index (χ2v) is 6.25. The molecule has 0 bridgehead atoms. The predicted molar refractivity (Wildman–Crippen MR) is 106 cm³/mol. The Labute approximate surface area is 158 Å². The van der Waals surface area contributed by atoms with Gasteiger partial charge in [0.25, 0.3) is 5.91 Å². The maximum atomic E-state index is 12.7. The van der Waals surface area contributed by atoms with E-state index in [9.17, 15) is 9.59 Å². The summed E-state index contributed by atoms with van der Waals surface area (Å²) in [6.07, 6.45) is 1.94. The Morgan fingerprint density at radius 1 is 1.04 bits per heavy atom. The molecule has 2 aliphatic rings. The van der Waals surface area contributed by atoms with E-state index in [1.165, 1.54) is 0 Å². The van der Waals surface area contributed by atoms with Gasteiger partial charge in [0.15, 0.2) is 0 Å². The van der Waals surface area contributed by atoms with E-state index in [2.05, 4.69) is 16.0 Å². The molecule has 0 radical (unpaired) electrons. The highest BCUT2D eigenvalue weighted by Gasteiger charge is 2.21. The average molecular weight is 373 g/mol. The van der Waals surface area contributed by atoms with Crippen molar-refractivity contribution in [3.8, 4) is 0 Å². The van der Waals surface area contributed by atoms with Gasteiger partial charge in [-0.3, -0.25) is 9.69 Å². The summed E-state index contributed by atoms with van der Waals surface area (Å²) in [7, 11) is 0. The number of urea groups is 1. The van der Waals surface area contributed by atoms with Crippen LogP contribution in [0.25, 0.3) is 0 Å². The van der Waals surface area contributed by atoms with Crippen molar-refractivity contribution in [3.05, 3.63) is 53.6 Å². The number of hydrogen-bond acceptors (Lipinski definition) is 3. The first-order valence-corrected chi connectivity index (χ1v) is 8.55. The van der Waals surface area contributed by atoms with Crippen LogP contribution in [-0.2, 0) is 6.42 Å². The molecule has 2 aromatic rings. The molecule has 0 unspecified atom stereocenters. The van der Waals surface area contributed by atoms with Crippen molar-refractivity contribution in [3.63, 3.8) is 0 Å². The molecule has 3 N–H and O–H groups in total. The van der Waals surface area contributed by atoms with Crippen molar-refractivity contribution in [2.75, 3.05) is 35.2 Å². The molecule has 4 rings (SSSR count). The number of hydrogen-bond donors (Lipinski definition) is 3. The Morgan fingerprint density at radius 3 is 2.58 bits per heavy atom. The second kappa shape index (κ2) is 7.66. The lowest BCUT2D eigenvalue weighted by molar-refractivity contribution is 0.102. The van der Waals surface area contributed by atoms with Crippen LogP contribution in [0.4, 0.5) is 21.9 Å². The van der Waals surface area contributed by atoms with Crippen molar-refractivity contribution in [2.24, 2.45) is 0 Å². The number of carbonyl (C=O) groups is 2. The number of nitrogens with zero attached hydrogens (tertiary/aromatic N) is 1. The minimum absolute atomic E-state index is 0. The normalized spacial score (nSPS) is 15.4. The summed E-state index contributed by atoms with van der Waals surface area (Å²) in [5.41, 5.74) is 4.39. The molecule has 2 aliphatic heterocycles. The first kappa shape index (κ1) is 18.1. The van der Waals surface area contributed by atoms with Gasteiger partial charge in [-0.25, -0.2) is 4.79 Å². The zero-order chi connectivity index (χ0) is 17.2. The number of carbonyl (C=O) groups excluding carboxylic acids is 2. The summed E-state index contributed by atoms with van der Waals surface area (Å²) in [4.78, 5) is 26.0. The first-order valence-electron chi connectivity index (χ1n) is 8.55. The Balaban J connectivity index is 0.00000196. The first-order chi connectivity index (χ1) is 12.2. The van der Waals surface area contributed by atoms with E-state index in [0.717, 1.165) is 42.0 Å². The van der Waals surface area contributed by atoms with Crippen LogP contribution in [0.2, 0.25) is 0 Å². The molecule has 7 heteroatoms. The largest absolute Gasteiger partial charge is 0.385 e. The van der Waals surface area contributed by atoms with Gasteiger partial charge in [-0.15, -0.1) is 12.4 Å². The SMILES string of the molecule is Cl.O=C(Nc1ccc(N2CCNC2=O)cc1)c1cccc2c1CCCN2. The van der Waals surface area contributed by atoms with Crippen LogP contribution >= 0.6 is 12.4 Å². The number of fused-ring (bicyclic) bond motifs is 1. The third-order valence-electron chi connectivity index (χ3n) is 4.63. The molecule has 0 aliphatic carbocycles. The van der Waals surface area contributed by atoms with E-state index in [1.54, 1.807) is 4.90 Å². The van der Waals surface area contributed by atoms with Crippen molar-refractivity contribution in [1.82, 2.24) is 5.32 Å². The summed E-state index contributed by atoms with van der Waals surface area (Å²) < 4.78 is 0. The smallest absolute Gasteiger partial charge is 0.321 e. The molecule has 136 valence electrons. The quantitative estimate of drug-likeness (QED) is 0.774. The average Bonchev–Trinajstić information content (AvgIpc) is 3.08. The van der Waals surface area contributed by atoms with Crippen LogP contribution in [0.3, 0.4) is 0 Å². The Kier molecular flexibility index (Phi) is 5.32. The van der Waals surface area contributed by atoms with E-state index in [-0.39, 0.29) is 24.3 Å². The summed E-state index contributed by atoms with van der Waals surface area (Å²) in [6, 6.07) is 13.1. The Hall–Kier alpha value is -2.73. The zero-order valence-corrected chi connectivity index (χ0v) is 15.1. The molecule has 1 fully saturated rings. The minimum Gasteiger partial charge on any atom is -0.385 e. The number of amides is 3. The fraction of sp³-hybridized carbons (Fsp3) is 0.263. The number of benzene rings is 2. The predicted octanol–water partition coefficient (Wildman–Crippen LogP) is 3.25. The van der Waals surface area contributed by atoms with Gasteiger partial charge < -0.3 is 16.0 Å². The van der Waals surface area contributed by atoms with Crippen LogP contribution in [0.1, 0.15) is 22.3 Å². The lowest BCUT2D eigenvalue weighted by Crippen LogP contribution is -2.27. The highest BCUT2D eigenvalue weighted by molar-refractivity contribution is 6.06. The van der Waals surface area contributed by atoms with Crippen LogP contribution in [0.15, 0.2) is 42.5 Å². The third-order valence-corrected chi connectivity index (χ3v) is 4.63. The van der Waals surface area contributed by atoms with Gasteiger partial charge in [-0.1, -0.05) is 6.07 Å². The van der Waals surface area contributed by atoms with Crippen LogP contribution in [0, 0.1) is 0 Å². The molecule has 0 spiro atoms. The maximum Gasteiger partial charge on any atom is 0.321 e. The number of rotatable bonds is 3. The molecule has 3 amide bonds. The zero-order valence-electron chi connectivity index (χ0n) is 14.2. The summed E-state index contributed by atoms with van der Waals surface area (Å²) in [5, 5.41) is 9.07. The highest BCUT2D eigenvalue weighted by Crippen LogP contribution is 2.26. The third kappa shape index (κ3) is 3.46. The van der Waals surface area contributed by atoms with Gasteiger partial charge in [-0.05, 0) is 54.8 Å². The molecule has 0 saturated carbocycles. The number of nitrogens with one attached hydrogen (secondary N) is 3. The fourth-order valence-electron chi connectivity index (χ4n) is 3.36. The van der Waals surface area contributed by atoms with Crippen molar-refractivity contribution < 1.29 is 9.59 Å². The summed E-state index contributed by atoms with van der Waals surface area (Å²) in [6.45, 7) is 2.27. The van der Waals surface area contributed by atoms with Gasteiger partial charge in [0.05, 0.1) is 0 Å². The standard InChI is InChI=1S/C19H20N4O2.ClH/c24-18(16-3-1-5-17-15(16)4-2-10-20-17)22-13-6-8-14(9-7-13)23-12-11-21-19(23)25;/h1,3,5-9,20H,2,4,10-12H2,(H,21,25)(H,22,24);1H. The lowest BCUT2D eigenvalue weighted by Gasteiger charge is -2.20. The molecular formula is C19H21ClN4O2. The monoisotopic (exact) mass is 372 g/mol. The van der Waals surface area contributed by atoms with E-state index in [4.69, 9.17) is 0 Å². The van der Waals surface area contributed by atoms with E-state index in [1.807, 2.05) is 42.5 Å². The Bertz CT molecular complexity index is 823. The minimum atomic E-state index is -0.104. The lowest BCUT2D eigenvalue weighted by atomic mass is 9.97. The molecule has 2 heterocycles. The maximum absolute atomic E-state index is 12.7. The summed E-state index contributed by atoms with van der Waals surface area (Å²) in [5.74, 6) is -0.104. The number of anilines is 3. The van der Waals surface area contributed by atoms with Crippen molar-refractivity contribution >= 4 is 41.4 Å². The highest BCUT2D eigenvalue weighted by atomic mass is 35.5. The molecule has 26 heavy (non-hydrogen) atoms. The van der Waals surface area contributed by atoms with Crippen molar-refractivity contribution in [1.29, 1.82) is 0 Å². The van der Waals surface area contributed by atoms with Gasteiger partial charge in [0, 0.05) is 42.3 Å². The van der Waals surface area contributed by atoms with Crippen LogP contribution in [0.5, 0.6) is 0 Å².